The summed E-state index contributed by atoms with van der Waals surface area (Å²) < 4.78 is 5.44. The molecular formula is C21H29N3O2. The first-order valence-corrected chi connectivity index (χ1v) is 9.96. The molecule has 5 nitrogen and oxygen atoms in total. The van der Waals surface area contributed by atoms with E-state index in [1.165, 1.54) is 11.8 Å². The predicted octanol–water partition coefficient (Wildman–Crippen LogP) is 2.81. The Morgan fingerprint density at radius 1 is 1.15 bits per heavy atom. The minimum atomic E-state index is 0.279. The van der Waals surface area contributed by atoms with Crippen LogP contribution in [-0.4, -0.2) is 66.1 Å². The van der Waals surface area contributed by atoms with Gasteiger partial charge in [0.15, 0.2) is 0 Å². The molecule has 2 aliphatic rings. The number of benzene rings is 1. The van der Waals surface area contributed by atoms with E-state index in [1.54, 1.807) is 0 Å². The quantitative estimate of drug-likeness (QED) is 0.897. The maximum atomic E-state index is 13.0. The van der Waals surface area contributed by atoms with E-state index < -0.39 is 0 Å². The summed E-state index contributed by atoms with van der Waals surface area (Å²) in [7, 11) is 0. The topological polar surface area (TPSA) is 48.6 Å². The predicted molar refractivity (Wildman–Crippen MR) is 103 cm³/mol. The summed E-state index contributed by atoms with van der Waals surface area (Å²) in [6.45, 7) is 5.72. The monoisotopic (exact) mass is 355 g/mol. The van der Waals surface area contributed by atoms with Crippen LogP contribution in [0.4, 0.5) is 0 Å². The van der Waals surface area contributed by atoms with E-state index in [0.717, 1.165) is 69.7 Å². The zero-order valence-corrected chi connectivity index (χ0v) is 15.5. The first kappa shape index (κ1) is 17.6. The van der Waals surface area contributed by atoms with Crippen molar-refractivity contribution in [2.75, 3.05) is 39.4 Å². The molecule has 1 amide bonds. The van der Waals surface area contributed by atoms with E-state index in [2.05, 4.69) is 26.9 Å². The third kappa shape index (κ3) is 3.94. The number of hydrogen-bond acceptors (Lipinski definition) is 3. The van der Waals surface area contributed by atoms with Crippen molar-refractivity contribution in [1.29, 1.82) is 0 Å². The summed E-state index contributed by atoms with van der Waals surface area (Å²) in [4.78, 5) is 21.0. The highest BCUT2D eigenvalue weighted by Crippen LogP contribution is 2.23. The van der Waals surface area contributed by atoms with Gasteiger partial charge in [-0.05, 0) is 37.3 Å². The zero-order chi connectivity index (χ0) is 17.8. The standard InChI is InChI=1S/C21H29N3O2/c25-21(15-17-16-22-20-7-2-1-6-19(17)20)24-9-4-3-5-18(24)8-10-23-11-13-26-14-12-23/h1-2,6-7,16,18,22H,3-5,8-15H2. The van der Waals surface area contributed by atoms with Crippen LogP contribution in [0.25, 0.3) is 10.9 Å². The number of fused-ring (bicyclic) bond motifs is 1. The maximum Gasteiger partial charge on any atom is 0.227 e. The first-order valence-electron chi connectivity index (χ1n) is 9.96. The second-order valence-electron chi connectivity index (χ2n) is 7.52. The number of rotatable bonds is 5. The van der Waals surface area contributed by atoms with Gasteiger partial charge in [0.05, 0.1) is 19.6 Å². The van der Waals surface area contributed by atoms with Gasteiger partial charge in [-0.1, -0.05) is 18.2 Å². The molecule has 4 rings (SSSR count). The lowest BCUT2D eigenvalue weighted by molar-refractivity contribution is -0.134. The number of carbonyl (C=O) groups is 1. The van der Waals surface area contributed by atoms with E-state index in [0.29, 0.717) is 12.5 Å². The number of nitrogens with one attached hydrogen (secondary N) is 1. The van der Waals surface area contributed by atoms with Gasteiger partial charge in [0.25, 0.3) is 0 Å². The van der Waals surface area contributed by atoms with Crippen molar-refractivity contribution < 1.29 is 9.53 Å². The number of carbonyl (C=O) groups excluding carboxylic acids is 1. The van der Waals surface area contributed by atoms with Gasteiger partial charge >= 0.3 is 0 Å². The number of aromatic amines is 1. The molecule has 0 saturated carbocycles. The van der Waals surface area contributed by atoms with Crippen molar-refractivity contribution in [3.8, 4) is 0 Å². The summed E-state index contributed by atoms with van der Waals surface area (Å²) in [5.74, 6) is 0.279. The van der Waals surface area contributed by atoms with Crippen molar-refractivity contribution in [2.24, 2.45) is 0 Å². The molecule has 0 aliphatic carbocycles. The number of nitrogens with zero attached hydrogens (tertiary/aromatic N) is 2. The second-order valence-corrected chi connectivity index (χ2v) is 7.52. The Hall–Kier alpha value is -1.85. The zero-order valence-electron chi connectivity index (χ0n) is 15.5. The molecule has 5 heteroatoms. The van der Waals surface area contributed by atoms with Crippen LogP contribution in [0, 0.1) is 0 Å². The molecule has 1 unspecified atom stereocenters. The van der Waals surface area contributed by atoms with Crippen molar-refractivity contribution in [2.45, 2.75) is 38.1 Å². The smallest absolute Gasteiger partial charge is 0.227 e. The van der Waals surface area contributed by atoms with Crippen LogP contribution in [0.1, 0.15) is 31.2 Å². The number of amides is 1. The van der Waals surface area contributed by atoms with Gasteiger partial charge in [0, 0.05) is 49.3 Å². The summed E-state index contributed by atoms with van der Waals surface area (Å²) in [6, 6.07) is 8.62. The van der Waals surface area contributed by atoms with Crippen LogP contribution in [0.15, 0.2) is 30.5 Å². The van der Waals surface area contributed by atoms with Gasteiger partial charge in [0.1, 0.15) is 0 Å². The van der Waals surface area contributed by atoms with Crippen LogP contribution >= 0.6 is 0 Å². The molecule has 0 bridgehead atoms. The Bertz CT molecular complexity index is 736. The molecule has 140 valence electrons. The molecule has 0 spiro atoms. The fraction of sp³-hybridized carbons (Fsp3) is 0.571. The minimum absolute atomic E-state index is 0.279. The molecule has 2 aromatic rings. The highest BCUT2D eigenvalue weighted by atomic mass is 16.5. The lowest BCUT2D eigenvalue weighted by atomic mass is 9.97. The van der Waals surface area contributed by atoms with E-state index >= 15 is 0 Å². The Kier molecular flexibility index (Phi) is 5.56. The largest absolute Gasteiger partial charge is 0.379 e. The van der Waals surface area contributed by atoms with Gasteiger partial charge in [0.2, 0.25) is 5.91 Å². The number of likely N-dealkylation sites (tertiary alicyclic amines) is 1. The van der Waals surface area contributed by atoms with Crippen molar-refractivity contribution in [3.63, 3.8) is 0 Å². The summed E-state index contributed by atoms with van der Waals surface area (Å²) in [5.41, 5.74) is 2.22. The molecule has 0 radical (unpaired) electrons. The van der Waals surface area contributed by atoms with Gasteiger partial charge in [-0.15, -0.1) is 0 Å². The lowest BCUT2D eigenvalue weighted by Crippen LogP contribution is -2.46. The van der Waals surface area contributed by atoms with Crippen molar-refractivity contribution in [1.82, 2.24) is 14.8 Å². The third-order valence-corrected chi connectivity index (χ3v) is 5.85. The van der Waals surface area contributed by atoms with Crippen LogP contribution in [0.5, 0.6) is 0 Å². The molecule has 1 N–H and O–H groups in total. The fourth-order valence-corrected chi connectivity index (χ4v) is 4.33. The molecule has 1 aromatic carbocycles. The van der Waals surface area contributed by atoms with Crippen LogP contribution in [-0.2, 0) is 16.0 Å². The van der Waals surface area contributed by atoms with Crippen molar-refractivity contribution in [3.05, 3.63) is 36.0 Å². The Morgan fingerprint density at radius 3 is 2.88 bits per heavy atom. The van der Waals surface area contributed by atoms with Gasteiger partial charge in [-0.3, -0.25) is 9.69 Å². The second kappa shape index (κ2) is 8.23. The van der Waals surface area contributed by atoms with E-state index in [1.807, 2.05) is 18.3 Å². The summed E-state index contributed by atoms with van der Waals surface area (Å²) in [6.07, 6.45) is 7.09. The molecule has 1 aromatic heterocycles. The van der Waals surface area contributed by atoms with E-state index in [-0.39, 0.29) is 5.91 Å². The number of para-hydroxylation sites is 1. The van der Waals surface area contributed by atoms with E-state index in [4.69, 9.17) is 4.74 Å². The molecule has 3 heterocycles. The number of hydrogen-bond donors (Lipinski definition) is 1. The van der Waals surface area contributed by atoms with Crippen LogP contribution in [0.2, 0.25) is 0 Å². The number of H-pyrrole nitrogens is 1. The van der Waals surface area contributed by atoms with Crippen LogP contribution in [0.3, 0.4) is 0 Å². The van der Waals surface area contributed by atoms with Gasteiger partial charge < -0.3 is 14.6 Å². The third-order valence-electron chi connectivity index (χ3n) is 5.85. The number of morpholine rings is 1. The van der Waals surface area contributed by atoms with E-state index in [9.17, 15) is 4.79 Å². The Labute approximate surface area is 155 Å². The molecule has 2 saturated heterocycles. The molecule has 2 aliphatic heterocycles. The summed E-state index contributed by atoms with van der Waals surface area (Å²) >= 11 is 0. The van der Waals surface area contributed by atoms with Gasteiger partial charge in [-0.2, -0.15) is 0 Å². The highest BCUT2D eigenvalue weighted by molar-refractivity contribution is 5.89. The molecule has 26 heavy (non-hydrogen) atoms. The number of ether oxygens (including phenoxy) is 1. The average Bonchev–Trinajstić information content (AvgIpc) is 3.10. The molecule has 1 atom stereocenters. The average molecular weight is 355 g/mol. The van der Waals surface area contributed by atoms with Gasteiger partial charge in [-0.25, -0.2) is 0 Å². The summed E-state index contributed by atoms with van der Waals surface area (Å²) in [5, 5.41) is 1.17. The normalized spacial score (nSPS) is 22.0. The minimum Gasteiger partial charge on any atom is -0.379 e. The lowest BCUT2D eigenvalue weighted by Gasteiger charge is -2.37. The van der Waals surface area contributed by atoms with Crippen molar-refractivity contribution >= 4 is 16.8 Å². The Balaban J connectivity index is 1.39. The first-order chi connectivity index (χ1) is 12.8. The fourth-order valence-electron chi connectivity index (χ4n) is 4.33. The van der Waals surface area contributed by atoms with Crippen LogP contribution < -0.4 is 0 Å². The number of piperidine rings is 1. The molecular weight excluding hydrogens is 326 g/mol. The number of aromatic nitrogens is 1. The highest BCUT2D eigenvalue weighted by Gasteiger charge is 2.27. The maximum absolute atomic E-state index is 13.0. The Morgan fingerprint density at radius 2 is 2.00 bits per heavy atom. The molecule has 2 fully saturated rings. The SMILES string of the molecule is O=C(Cc1c[nH]c2ccccc12)N1CCCCC1CCN1CCOCC1.